The highest BCUT2D eigenvalue weighted by atomic mass is 19.4. The molecule has 2 N–H and O–H groups in total. The Morgan fingerprint density at radius 1 is 1.20 bits per heavy atom. The molecule has 1 aliphatic heterocycles. The maximum atomic E-state index is 13.0. The monoisotopic (exact) mass is 287 g/mol. The lowest BCUT2D eigenvalue weighted by Crippen LogP contribution is -2.40. The summed E-state index contributed by atoms with van der Waals surface area (Å²) in [7, 11) is 0. The second-order valence-corrected chi connectivity index (χ2v) is 5.67. The van der Waals surface area contributed by atoms with Crippen LogP contribution in [-0.4, -0.2) is 17.7 Å². The van der Waals surface area contributed by atoms with Gasteiger partial charge >= 0.3 is 6.18 Å². The molecule has 112 valence electrons. The molecule has 0 saturated carbocycles. The lowest BCUT2D eigenvalue weighted by Gasteiger charge is -2.33. The van der Waals surface area contributed by atoms with Crippen molar-refractivity contribution in [3.63, 3.8) is 0 Å². The van der Waals surface area contributed by atoms with Gasteiger partial charge in [0.25, 0.3) is 0 Å². The third kappa shape index (κ3) is 3.52. The molecule has 0 amide bonds. The number of benzene rings is 1. The quantitative estimate of drug-likeness (QED) is 0.892. The molecule has 1 aromatic rings. The molecule has 2 nitrogen and oxygen atoms in total. The van der Waals surface area contributed by atoms with Crippen LogP contribution in [0.1, 0.15) is 43.7 Å². The topological polar surface area (TPSA) is 32.3 Å². The van der Waals surface area contributed by atoms with Crippen LogP contribution < -0.4 is 5.32 Å². The number of hydrogen-bond acceptors (Lipinski definition) is 2. The van der Waals surface area contributed by atoms with Gasteiger partial charge in [-0.15, -0.1) is 0 Å². The molecular formula is C15H20F3NO. The number of hydrogen-bond donors (Lipinski definition) is 2. The molecule has 0 aliphatic carbocycles. The maximum Gasteiger partial charge on any atom is 0.416 e. The van der Waals surface area contributed by atoms with Gasteiger partial charge in [-0.2, -0.15) is 13.2 Å². The molecule has 2 unspecified atom stereocenters. The van der Waals surface area contributed by atoms with Gasteiger partial charge in [-0.3, -0.25) is 0 Å². The van der Waals surface area contributed by atoms with Gasteiger partial charge in [0.05, 0.1) is 11.2 Å². The average molecular weight is 287 g/mol. The first-order valence-electron chi connectivity index (χ1n) is 6.93. The third-order valence-corrected chi connectivity index (χ3v) is 3.87. The molecule has 1 fully saturated rings. The normalized spacial score (nSPS) is 23.4. The van der Waals surface area contributed by atoms with Crippen molar-refractivity contribution in [2.45, 2.75) is 50.4 Å². The van der Waals surface area contributed by atoms with Gasteiger partial charge < -0.3 is 10.4 Å². The van der Waals surface area contributed by atoms with Crippen LogP contribution >= 0.6 is 0 Å². The minimum absolute atomic E-state index is 0.0418. The Balaban J connectivity index is 2.24. The van der Waals surface area contributed by atoms with E-state index in [0.29, 0.717) is 6.42 Å². The van der Waals surface area contributed by atoms with E-state index >= 15 is 0 Å². The van der Waals surface area contributed by atoms with E-state index in [1.54, 1.807) is 0 Å². The van der Waals surface area contributed by atoms with E-state index in [1.165, 1.54) is 25.1 Å². The van der Waals surface area contributed by atoms with Crippen LogP contribution in [0.2, 0.25) is 0 Å². The third-order valence-electron chi connectivity index (χ3n) is 3.87. The van der Waals surface area contributed by atoms with Gasteiger partial charge in [0, 0.05) is 6.04 Å². The van der Waals surface area contributed by atoms with Gasteiger partial charge in [0.15, 0.2) is 0 Å². The first kappa shape index (κ1) is 15.3. The minimum atomic E-state index is -4.44. The Kier molecular flexibility index (Phi) is 4.39. The van der Waals surface area contributed by atoms with Crippen LogP contribution in [0.3, 0.4) is 0 Å². The van der Waals surface area contributed by atoms with Crippen molar-refractivity contribution in [2.75, 3.05) is 6.54 Å². The van der Waals surface area contributed by atoms with Crippen LogP contribution in [0.5, 0.6) is 0 Å². The highest BCUT2D eigenvalue weighted by molar-refractivity contribution is 5.34. The molecule has 2 atom stereocenters. The van der Waals surface area contributed by atoms with Crippen molar-refractivity contribution < 1.29 is 18.3 Å². The average Bonchev–Trinajstić information content (AvgIpc) is 2.38. The molecule has 0 spiro atoms. The number of halogens is 3. The first-order chi connectivity index (χ1) is 9.31. The van der Waals surface area contributed by atoms with Gasteiger partial charge in [0.1, 0.15) is 0 Å². The Hall–Kier alpha value is -1.07. The molecule has 2 rings (SSSR count). The van der Waals surface area contributed by atoms with E-state index in [4.69, 9.17) is 0 Å². The van der Waals surface area contributed by atoms with Gasteiger partial charge in [-0.05, 0) is 44.4 Å². The molecule has 5 heteroatoms. The second kappa shape index (κ2) is 5.74. The SMILES string of the molecule is CC(O)(CC1CCCCN1)c1ccccc1C(F)(F)F. The summed E-state index contributed by atoms with van der Waals surface area (Å²) < 4.78 is 39.1. The van der Waals surface area contributed by atoms with Crippen LogP contribution in [-0.2, 0) is 11.8 Å². The minimum Gasteiger partial charge on any atom is -0.385 e. The number of alkyl halides is 3. The molecule has 1 aromatic carbocycles. The molecule has 0 aromatic heterocycles. The van der Waals surface area contributed by atoms with Gasteiger partial charge in [0.2, 0.25) is 0 Å². The predicted molar refractivity (Wildman–Crippen MR) is 71.3 cm³/mol. The van der Waals surface area contributed by atoms with Gasteiger partial charge in [-0.25, -0.2) is 0 Å². The highest BCUT2D eigenvalue weighted by Crippen LogP contribution is 2.38. The number of nitrogens with one attached hydrogen (secondary N) is 1. The summed E-state index contributed by atoms with van der Waals surface area (Å²) in [4.78, 5) is 0. The van der Waals surface area contributed by atoms with Crippen molar-refractivity contribution in [3.8, 4) is 0 Å². The highest BCUT2D eigenvalue weighted by Gasteiger charge is 2.39. The number of aliphatic hydroxyl groups is 1. The van der Waals surface area contributed by atoms with E-state index in [-0.39, 0.29) is 11.6 Å². The molecule has 1 saturated heterocycles. The van der Waals surface area contributed by atoms with E-state index in [1.807, 2.05) is 0 Å². The lowest BCUT2D eigenvalue weighted by atomic mass is 9.84. The summed E-state index contributed by atoms with van der Waals surface area (Å²) in [6.45, 7) is 2.33. The van der Waals surface area contributed by atoms with E-state index in [9.17, 15) is 18.3 Å². The Bertz CT molecular complexity index is 451. The van der Waals surface area contributed by atoms with Crippen molar-refractivity contribution in [2.24, 2.45) is 0 Å². The first-order valence-corrected chi connectivity index (χ1v) is 6.93. The molecule has 20 heavy (non-hydrogen) atoms. The van der Waals surface area contributed by atoms with Crippen molar-refractivity contribution in [3.05, 3.63) is 35.4 Å². The van der Waals surface area contributed by atoms with Crippen molar-refractivity contribution in [1.29, 1.82) is 0 Å². The predicted octanol–water partition coefficient (Wildman–Crippen LogP) is 3.45. The van der Waals surface area contributed by atoms with Crippen molar-refractivity contribution >= 4 is 0 Å². The molecular weight excluding hydrogens is 267 g/mol. The molecule has 1 heterocycles. The Labute approximate surface area is 117 Å². The zero-order valence-electron chi connectivity index (χ0n) is 11.5. The summed E-state index contributed by atoms with van der Waals surface area (Å²) >= 11 is 0. The zero-order valence-corrected chi connectivity index (χ0v) is 11.5. The Morgan fingerprint density at radius 3 is 2.40 bits per heavy atom. The molecule has 0 radical (unpaired) electrons. The van der Waals surface area contributed by atoms with Crippen LogP contribution in [0, 0.1) is 0 Å². The standard InChI is InChI=1S/C15H20F3NO/c1-14(20,10-11-6-4-5-9-19-11)12-7-2-3-8-13(12)15(16,17)18/h2-3,7-8,11,19-20H,4-6,9-10H2,1H3. The van der Waals surface area contributed by atoms with E-state index < -0.39 is 17.3 Å². The summed E-state index contributed by atoms with van der Waals surface area (Å²) in [6.07, 6.45) is -1.13. The van der Waals surface area contributed by atoms with E-state index in [2.05, 4.69) is 5.32 Å². The number of rotatable bonds is 3. The molecule has 0 bridgehead atoms. The number of piperidine rings is 1. The van der Waals surface area contributed by atoms with E-state index in [0.717, 1.165) is 31.9 Å². The fraction of sp³-hybridized carbons (Fsp3) is 0.600. The van der Waals surface area contributed by atoms with Crippen LogP contribution in [0.25, 0.3) is 0 Å². The second-order valence-electron chi connectivity index (χ2n) is 5.67. The Morgan fingerprint density at radius 2 is 1.85 bits per heavy atom. The molecule has 1 aliphatic rings. The van der Waals surface area contributed by atoms with Crippen LogP contribution in [0.15, 0.2) is 24.3 Å². The lowest BCUT2D eigenvalue weighted by molar-refractivity contribution is -0.140. The summed E-state index contributed by atoms with van der Waals surface area (Å²) in [5.41, 5.74) is -2.28. The van der Waals surface area contributed by atoms with Crippen molar-refractivity contribution in [1.82, 2.24) is 5.32 Å². The summed E-state index contributed by atoms with van der Waals surface area (Å²) in [5.74, 6) is 0. The van der Waals surface area contributed by atoms with Gasteiger partial charge in [-0.1, -0.05) is 24.6 Å². The van der Waals surface area contributed by atoms with Crippen LogP contribution in [0.4, 0.5) is 13.2 Å². The maximum absolute atomic E-state index is 13.0. The largest absolute Gasteiger partial charge is 0.416 e. The fourth-order valence-electron chi connectivity index (χ4n) is 2.89. The zero-order chi connectivity index (χ0) is 14.8. The fourth-order valence-corrected chi connectivity index (χ4v) is 2.89. The smallest absolute Gasteiger partial charge is 0.385 e. The summed E-state index contributed by atoms with van der Waals surface area (Å²) in [5, 5.41) is 13.8. The summed E-state index contributed by atoms with van der Waals surface area (Å²) in [6, 6.07) is 5.35.